The zero-order valence-electron chi connectivity index (χ0n) is 17.8. The van der Waals surface area contributed by atoms with E-state index in [1.54, 1.807) is 17.0 Å². The van der Waals surface area contributed by atoms with Gasteiger partial charge in [0.2, 0.25) is 5.91 Å². The molecule has 2 amide bonds. The Bertz CT molecular complexity index is 1060. The minimum absolute atomic E-state index is 0.0122. The van der Waals surface area contributed by atoms with E-state index in [4.69, 9.17) is 0 Å². The number of rotatable bonds is 6. The van der Waals surface area contributed by atoms with Crippen LogP contribution in [0.4, 0.5) is 15.8 Å². The van der Waals surface area contributed by atoms with Crippen LogP contribution in [0.5, 0.6) is 0 Å². The first-order valence-electron chi connectivity index (χ1n) is 10.8. The van der Waals surface area contributed by atoms with Gasteiger partial charge in [-0.1, -0.05) is 42.5 Å². The first kappa shape index (κ1) is 21.6. The van der Waals surface area contributed by atoms with E-state index in [1.807, 2.05) is 54.6 Å². The second-order valence-corrected chi connectivity index (χ2v) is 7.84. The molecule has 0 radical (unpaired) electrons. The largest absolute Gasteiger partial charge is 0.368 e. The fourth-order valence-electron chi connectivity index (χ4n) is 3.85. The van der Waals surface area contributed by atoms with Gasteiger partial charge in [0.25, 0.3) is 5.91 Å². The first-order valence-corrected chi connectivity index (χ1v) is 10.8. The molecule has 0 aromatic heterocycles. The number of amides is 2. The highest BCUT2D eigenvalue weighted by Crippen LogP contribution is 2.21. The summed E-state index contributed by atoms with van der Waals surface area (Å²) in [6.45, 7) is 2.40. The standard InChI is InChI=1S/C26H26FN3O2/c27-24-9-5-4-8-23(24)26(32)30-18-16-29(17-19-30)22-13-11-21(12-14-22)28-25(31)15-10-20-6-2-1-3-7-20/h1-9,11-14H,10,15-19H2,(H,28,31). The number of piperazine rings is 1. The third kappa shape index (κ3) is 5.32. The molecule has 0 unspecified atom stereocenters. The zero-order chi connectivity index (χ0) is 22.3. The SMILES string of the molecule is O=C(CCc1ccccc1)Nc1ccc(N2CCN(C(=O)c3ccccc3F)CC2)cc1. The summed E-state index contributed by atoms with van der Waals surface area (Å²) in [6, 6.07) is 23.8. The number of nitrogens with zero attached hydrogens (tertiary/aromatic N) is 2. The minimum atomic E-state index is -0.485. The van der Waals surface area contributed by atoms with Crippen LogP contribution < -0.4 is 10.2 Å². The van der Waals surface area contributed by atoms with Gasteiger partial charge in [-0.05, 0) is 48.4 Å². The van der Waals surface area contributed by atoms with Crippen molar-refractivity contribution in [2.45, 2.75) is 12.8 Å². The summed E-state index contributed by atoms with van der Waals surface area (Å²) >= 11 is 0. The predicted octanol–water partition coefficient (Wildman–Crippen LogP) is 4.36. The Morgan fingerprint density at radius 1 is 0.812 bits per heavy atom. The van der Waals surface area contributed by atoms with Crippen LogP contribution in [0.2, 0.25) is 0 Å². The highest BCUT2D eigenvalue weighted by molar-refractivity contribution is 5.94. The van der Waals surface area contributed by atoms with Gasteiger partial charge >= 0.3 is 0 Å². The van der Waals surface area contributed by atoms with Gasteiger partial charge in [-0.15, -0.1) is 0 Å². The highest BCUT2D eigenvalue weighted by atomic mass is 19.1. The zero-order valence-corrected chi connectivity index (χ0v) is 17.8. The van der Waals surface area contributed by atoms with Crippen molar-refractivity contribution in [3.8, 4) is 0 Å². The smallest absolute Gasteiger partial charge is 0.256 e. The lowest BCUT2D eigenvalue weighted by Gasteiger charge is -2.36. The lowest BCUT2D eigenvalue weighted by atomic mass is 10.1. The maximum atomic E-state index is 13.9. The molecule has 0 aliphatic carbocycles. The maximum absolute atomic E-state index is 13.9. The van der Waals surface area contributed by atoms with E-state index in [-0.39, 0.29) is 17.4 Å². The third-order valence-corrected chi connectivity index (χ3v) is 5.67. The molecule has 5 nitrogen and oxygen atoms in total. The molecule has 1 saturated heterocycles. The molecule has 4 rings (SSSR count). The summed E-state index contributed by atoms with van der Waals surface area (Å²) in [7, 11) is 0. The van der Waals surface area contributed by atoms with E-state index in [0.717, 1.165) is 16.9 Å². The molecule has 164 valence electrons. The minimum Gasteiger partial charge on any atom is -0.368 e. The van der Waals surface area contributed by atoms with Gasteiger partial charge in [-0.25, -0.2) is 4.39 Å². The van der Waals surface area contributed by atoms with Gasteiger partial charge in [0.05, 0.1) is 5.56 Å². The molecule has 6 heteroatoms. The van der Waals surface area contributed by atoms with Crippen LogP contribution >= 0.6 is 0 Å². The molecule has 1 fully saturated rings. The number of halogens is 1. The number of carbonyl (C=O) groups excluding carboxylic acids is 2. The monoisotopic (exact) mass is 431 g/mol. The molecule has 1 aliphatic heterocycles. The Balaban J connectivity index is 1.27. The Labute approximate surface area is 187 Å². The molecule has 32 heavy (non-hydrogen) atoms. The van der Waals surface area contributed by atoms with Crippen molar-refractivity contribution in [2.24, 2.45) is 0 Å². The second-order valence-electron chi connectivity index (χ2n) is 7.84. The Morgan fingerprint density at radius 3 is 2.16 bits per heavy atom. The third-order valence-electron chi connectivity index (χ3n) is 5.67. The van der Waals surface area contributed by atoms with Crippen LogP contribution in [-0.2, 0) is 11.2 Å². The van der Waals surface area contributed by atoms with E-state index < -0.39 is 5.82 Å². The van der Waals surface area contributed by atoms with Crippen molar-refractivity contribution in [3.05, 3.63) is 95.8 Å². The van der Waals surface area contributed by atoms with E-state index >= 15 is 0 Å². The quantitative estimate of drug-likeness (QED) is 0.631. The van der Waals surface area contributed by atoms with Gasteiger partial charge in [0.15, 0.2) is 0 Å². The number of nitrogens with one attached hydrogen (secondary N) is 1. The molecule has 0 bridgehead atoms. The van der Waals surface area contributed by atoms with Crippen LogP contribution in [0.15, 0.2) is 78.9 Å². The van der Waals surface area contributed by atoms with Gasteiger partial charge in [-0.2, -0.15) is 0 Å². The van der Waals surface area contributed by atoms with Gasteiger partial charge < -0.3 is 15.1 Å². The molecule has 1 heterocycles. The molecule has 0 atom stereocenters. The van der Waals surface area contributed by atoms with Gasteiger partial charge in [-0.3, -0.25) is 9.59 Å². The fourth-order valence-corrected chi connectivity index (χ4v) is 3.85. The fraction of sp³-hybridized carbons (Fsp3) is 0.231. The van der Waals surface area contributed by atoms with E-state index in [2.05, 4.69) is 10.2 Å². The Kier molecular flexibility index (Phi) is 6.80. The van der Waals surface area contributed by atoms with E-state index in [0.29, 0.717) is 39.0 Å². The second kappa shape index (κ2) is 10.1. The van der Waals surface area contributed by atoms with Crippen molar-refractivity contribution in [1.29, 1.82) is 0 Å². The lowest BCUT2D eigenvalue weighted by molar-refractivity contribution is -0.116. The molecule has 0 saturated carbocycles. The molecule has 1 aliphatic rings. The molecular formula is C26H26FN3O2. The summed E-state index contributed by atoms with van der Waals surface area (Å²) in [5.41, 5.74) is 3.06. The van der Waals surface area contributed by atoms with Crippen LogP contribution in [0.1, 0.15) is 22.3 Å². The Morgan fingerprint density at radius 2 is 1.47 bits per heavy atom. The average molecular weight is 432 g/mol. The molecule has 3 aromatic carbocycles. The molecular weight excluding hydrogens is 405 g/mol. The maximum Gasteiger partial charge on any atom is 0.256 e. The number of benzene rings is 3. The lowest BCUT2D eigenvalue weighted by Crippen LogP contribution is -2.49. The van der Waals surface area contributed by atoms with Crippen molar-refractivity contribution in [1.82, 2.24) is 4.90 Å². The topological polar surface area (TPSA) is 52.7 Å². The molecule has 1 N–H and O–H groups in total. The van der Waals surface area contributed by atoms with Crippen molar-refractivity contribution in [3.63, 3.8) is 0 Å². The van der Waals surface area contributed by atoms with E-state index in [9.17, 15) is 14.0 Å². The summed E-state index contributed by atoms with van der Waals surface area (Å²) in [5, 5.41) is 2.94. The van der Waals surface area contributed by atoms with Crippen LogP contribution in [0.3, 0.4) is 0 Å². The first-order chi connectivity index (χ1) is 15.6. The predicted molar refractivity (Wildman–Crippen MR) is 124 cm³/mol. The van der Waals surface area contributed by atoms with E-state index in [1.165, 1.54) is 12.1 Å². The highest BCUT2D eigenvalue weighted by Gasteiger charge is 2.24. The van der Waals surface area contributed by atoms with Crippen LogP contribution in [0, 0.1) is 5.82 Å². The molecule has 3 aromatic rings. The van der Waals surface area contributed by atoms with Gasteiger partial charge in [0, 0.05) is 44.0 Å². The van der Waals surface area contributed by atoms with Crippen molar-refractivity contribution in [2.75, 3.05) is 36.4 Å². The van der Waals surface area contributed by atoms with Crippen molar-refractivity contribution >= 4 is 23.2 Å². The number of hydrogen-bond donors (Lipinski definition) is 1. The van der Waals surface area contributed by atoms with Crippen molar-refractivity contribution < 1.29 is 14.0 Å². The number of anilines is 2. The van der Waals surface area contributed by atoms with Crippen LogP contribution in [-0.4, -0.2) is 42.9 Å². The number of hydrogen-bond acceptors (Lipinski definition) is 3. The number of carbonyl (C=O) groups is 2. The normalized spacial score (nSPS) is 13.7. The summed E-state index contributed by atoms with van der Waals surface area (Å²) < 4.78 is 13.9. The summed E-state index contributed by atoms with van der Waals surface area (Å²) in [6.07, 6.45) is 1.14. The Hall–Kier alpha value is -3.67. The number of aryl methyl sites for hydroxylation is 1. The summed E-state index contributed by atoms with van der Waals surface area (Å²) in [4.78, 5) is 28.7. The van der Waals surface area contributed by atoms with Gasteiger partial charge in [0.1, 0.15) is 5.82 Å². The summed E-state index contributed by atoms with van der Waals surface area (Å²) in [5.74, 6) is -0.764. The van der Waals surface area contributed by atoms with Crippen LogP contribution in [0.25, 0.3) is 0 Å². The average Bonchev–Trinajstić information content (AvgIpc) is 2.84. The molecule has 0 spiro atoms.